The number of nitrogens with one attached hydrogen (secondary N) is 1. The van der Waals surface area contributed by atoms with Crippen molar-refractivity contribution in [3.63, 3.8) is 0 Å². The summed E-state index contributed by atoms with van der Waals surface area (Å²) in [5, 5.41) is 3.78. The van der Waals surface area contributed by atoms with Crippen LogP contribution in [0, 0.1) is 5.82 Å². The third kappa shape index (κ3) is 5.48. The van der Waals surface area contributed by atoms with E-state index in [9.17, 15) is 9.18 Å². The van der Waals surface area contributed by atoms with E-state index in [4.69, 9.17) is 10.2 Å². The van der Waals surface area contributed by atoms with Crippen molar-refractivity contribution in [3.8, 4) is 0 Å². The average molecular weight is 409 g/mol. The van der Waals surface area contributed by atoms with Crippen LogP contribution in [0.25, 0.3) is 11.0 Å². The van der Waals surface area contributed by atoms with Crippen LogP contribution in [-0.2, 0) is 5.75 Å². The zero-order valence-electron chi connectivity index (χ0n) is 14.9. The van der Waals surface area contributed by atoms with Gasteiger partial charge in [0.15, 0.2) is 5.76 Å². The van der Waals surface area contributed by atoms with E-state index in [2.05, 4.69) is 5.32 Å². The lowest BCUT2D eigenvalue weighted by Crippen LogP contribution is -2.29. The lowest BCUT2D eigenvalue weighted by Gasteiger charge is -2.07. The van der Waals surface area contributed by atoms with Gasteiger partial charge in [-0.15, -0.1) is 24.2 Å². The lowest BCUT2D eigenvalue weighted by atomic mass is 10.1. The Kier molecular flexibility index (Phi) is 7.71. The summed E-state index contributed by atoms with van der Waals surface area (Å²) in [4.78, 5) is 13.5. The minimum atomic E-state index is -0.266. The maximum absolute atomic E-state index is 13.1. The van der Waals surface area contributed by atoms with Crippen molar-refractivity contribution < 1.29 is 13.6 Å². The number of carbonyl (C=O) groups is 1. The first kappa shape index (κ1) is 21.3. The van der Waals surface area contributed by atoms with E-state index in [-0.39, 0.29) is 30.2 Å². The van der Waals surface area contributed by atoms with Crippen molar-refractivity contribution in [3.05, 3.63) is 65.7 Å². The Bertz CT molecular complexity index is 897. The van der Waals surface area contributed by atoms with Gasteiger partial charge in [0.25, 0.3) is 5.91 Å². The highest BCUT2D eigenvalue weighted by atomic mass is 35.5. The maximum Gasteiger partial charge on any atom is 0.287 e. The number of furan rings is 1. The van der Waals surface area contributed by atoms with Gasteiger partial charge in [-0.3, -0.25) is 4.79 Å². The molecule has 144 valence electrons. The second-order valence-electron chi connectivity index (χ2n) is 6.17. The second-order valence-corrected chi connectivity index (χ2v) is 7.22. The summed E-state index contributed by atoms with van der Waals surface area (Å²) < 4.78 is 18.9. The van der Waals surface area contributed by atoms with Gasteiger partial charge in [0.05, 0.1) is 0 Å². The van der Waals surface area contributed by atoms with Gasteiger partial charge in [0, 0.05) is 34.2 Å². The summed E-state index contributed by atoms with van der Waals surface area (Å²) in [5.74, 6) is 0.373. The van der Waals surface area contributed by atoms with Crippen molar-refractivity contribution in [2.24, 2.45) is 5.73 Å². The standard InChI is InChI=1S/C20H21FN2O2S.ClH/c1-13(22)10-11-23-20(24)19-17(16-4-2-3-5-18(16)25-19)12-26-15-8-6-14(21)7-9-15;/h2-9,13H,10-12,22H2,1H3,(H,23,24);1H. The SMILES string of the molecule is CC(N)CCNC(=O)c1oc2ccccc2c1CSc1ccc(F)cc1.Cl. The van der Waals surface area contributed by atoms with Crippen LogP contribution in [0.3, 0.4) is 0 Å². The Labute approximate surface area is 168 Å². The molecule has 1 atom stereocenters. The number of rotatable bonds is 7. The summed E-state index contributed by atoms with van der Waals surface area (Å²) in [6.07, 6.45) is 0.700. The Morgan fingerprint density at radius 1 is 1.22 bits per heavy atom. The Morgan fingerprint density at radius 2 is 1.93 bits per heavy atom. The first-order valence-corrected chi connectivity index (χ1v) is 9.45. The van der Waals surface area contributed by atoms with Gasteiger partial charge in [-0.1, -0.05) is 18.2 Å². The van der Waals surface area contributed by atoms with E-state index in [0.29, 0.717) is 30.1 Å². The predicted octanol–water partition coefficient (Wildman–Crippen LogP) is 4.75. The fourth-order valence-electron chi connectivity index (χ4n) is 2.61. The first-order chi connectivity index (χ1) is 12.5. The monoisotopic (exact) mass is 408 g/mol. The van der Waals surface area contributed by atoms with Crippen molar-refractivity contribution in [1.82, 2.24) is 5.32 Å². The smallest absolute Gasteiger partial charge is 0.287 e. The molecule has 1 aromatic heterocycles. The first-order valence-electron chi connectivity index (χ1n) is 8.47. The highest BCUT2D eigenvalue weighted by Gasteiger charge is 2.20. The molecule has 1 unspecified atom stereocenters. The van der Waals surface area contributed by atoms with Crippen molar-refractivity contribution in [2.45, 2.75) is 30.0 Å². The van der Waals surface area contributed by atoms with Crippen LogP contribution < -0.4 is 11.1 Å². The minimum Gasteiger partial charge on any atom is -0.451 e. The molecule has 0 fully saturated rings. The van der Waals surface area contributed by atoms with Crippen LogP contribution in [0.4, 0.5) is 4.39 Å². The van der Waals surface area contributed by atoms with Gasteiger partial charge < -0.3 is 15.5 Å². The van der Waals surface area contributed by atoms with Crippen molar-refractivity contribution in [2.75, 3.05) is 6.54 Å². The fraction of sp³-hybridized carbons (Fsp3) is 0.250. The van der Waals surface area contributed by atoms with E-state index in [0.717, 1.165) is 15.8 Å². The molecule has 0 saturated heterocycles. The molecule has 3 aromatic rings. The summed E-state index contributed by atoms with van der Waals surface area (Å²) >= 11 is 1.54. The van der Waals surface area contributed by atoms with Crippen molar-refractivity contribution >= 4 is 41.0 Å². The zero-order valence-corrected chi connectivity index (χ0v) is 16.5. The van der Waals surface area contributed by atoms with Crippen LogP contribution in [0.2, 0.25) is 0 Å². The molecule has 0 radical (unpaired) electrons. The number of carbonyl (C=O) groups excluding carboxylic acids is 1. The minimum absolute atomic E-state index is 0. The summed E-state index contributed by atoms with van der Waals surface area (Å²) in [5.41, 5.74) is 7.25. The zero-order chi connectivity index (χ0) is 18.5. The fourth-order valence-corrected chi connectivity index (χ4v) is 3.53. The number of thioether (sulfide) groups is 1. The topological polar surface area (TPSA) is 68.3 Å². The molecular formula is C20H22ClFN2O2S. The van der Waals surface area contributed by atoms with Crippen LogP contribution in [0.1, 0.15) is 29.5 Å². The van der Waals surface area contributed by atoms with E-state index in [1.807, 2.05) is 31.2 Å². The Balaban J connectivity index is 0.00000261. The molecule has 0 saturated carbocycles. The maximum atomic E-state index is 13.1. The molecule has 0 aliphatic carbocycles. The number of benzene rings is 2. The molecule has 0 bridgehead atoms. The molecule has 3 N–H and O–H groups in total. The molecule has 1 heterocycles. The van der Waals surface area contributed by atoms with Gasteiger partial charge in [-0.25, -0.2) is 4.39 Å². The third-order valence-corrected chi connectivity index (χ3v) is 5.03. The molecular weight excluding hydrogens is 387 g/mol. The highest BCUT2D eigenvalue weighted by Crippen LogP contribution is 2.32. The molecule has 1 amide bonds. The van der Waals surface area contributed by atoms with Crippen molar-refractivity contribution in [1.29, 1.82) is 0 Å². The molecule has 2 aromatic carbocycles. The van der Waals surface area contributed by atoms with E-state index in [1.54, 1.807) is 12.1 Å². The van der Waals surface area contributed by atoms with Crippen LogP contribution in [-0.4, -0.2) is 18.5 Å². The molecule has 7 heteroatoms. The normalized spacial score (nSPS) is 11.8. The van der Waals surface area contributed by atoms with Crippen LogP contribution in [0.5, 0.6) is 0 Å². The quantitative estimate of drug-likeness (QED) is 0.553. The molecule has 3 rings (SSSR count). The molecule has 0 aliphatic heterocycles. The third-order valence-electron chi connectivity index (χ3n) is 3.99. The summed E-state index contributed by atoms with van der Waals surface area (Å²) in [7, 11) is 0. The molecule has 27 heavy (non-hydrogen) atoms. The Hall–Kier alpha value is -2.02. The number of fused-ring (bicyclic) bond motifs is 1. The summed E-state index contributed by atoms with van der Waals surface area (Å²) in [6, 6.07) is 13.9. The molecule has 4 nitrogen and oxygen atoms in total. The van der Waals surface area contributed by atoms with Crippen LogP contribution in [0.15, 0.2) is 57.8 Å². The molecule has 0 spiro atoms. The van der Waals surface area contributed by atoms with E-state index >= 15 is 0 Å². The number of nitrogens with two attached hydrogens (primary N) is 1. The van der Waals surface area contributed by atoms with Gasteiger partial charge in [0.1, 0.15) is 11.4 Å². The van der Waals surface area contributed by atoms with Gasteiger partial charge in [0.2, 0.25) is 0 Å². The number of hydrogen-bond acceptors (Lipinski definition) is 4. The Morgan fingerprint density at radius 3 is 2.63 bits per heavy atom. The number of para-hydroxylation sites is 1. The van der Waals surface area contributed by atoms with E-state index in [1.165, 1.54) is 23.9 Å². The second kappa shape index (κ2) is 9.78. The van der Waals surface area contributed by atoms with E-state index < -0.39 is 0 Å². The largest absolute Gasteiger partial charge is 0.451 e. The lowest BCUT2D eigenvalue weighted by molar-refractivity contribution is 0.0926. The van der Waals surface area contributed by atoms with Gasteiger partial charge >= 0.3 is 0 Å². The van der Waals surface area contributed by atoms with Gasteiger partial charge in [-0.2, -0.15) is 0 Å². The molecule has 0 aliphatic rings. The summed E-state index contributed by atoms with van der Waals surface area (Å²) in [6.45, 7) is 2.40. The predicted molar refractivity (Wildman–Crippen MR) is 110 cm³/mol. The number of hydrogen-bond donors (Lipinski definition) is 2. The average Bonchev–Trinajstić information content (AvgIpc) is 3.00. The van der Waals surface area contributed by atoms with Crippen LogP contribution >= 0.6 is 24.2 Å². The number of amides is 1. The highest BCUT2D eigenvalue weighted by molar-refractivity contribution is 7.98. The number of halogens is 2. The van der Waals surface area contributed by atoms with Gasteiger partial charge in [-0.05, 0) is 43.7 Å².